The zero-order valence-electron chi connectivity index (χ0n) is 8.17. The van der Waals surface area contributed by atoms with Gasteiger partial charge < -0.3 is 10.1 Å². The molecule has 0 radical (unpaired) electrons. The molecule has 0 bridgehead atoms. The molecular weight excluding hydrogens is 198 g/mol. The zero-order chi connectivity index (χ0) is 10.6. The van der Waals surface area contributed by atoms with Gasteiger partial charge in [-0.15, -0.1) is 6.42 Å². The van der Waals surface area contributed by atoms with Gasteiger partial charge in [-0.1, -0.05) is 23.6 Å². The fraction of sp³-hybridized carbons (Fsp3) is 0.273. The summed E-state index contributed by atoms with van der Waals surface area (Å²) in [6.45, 7) is 0. The van der Waals surface area contributed by atoms with Gasteiger partial charge in [0.15, 0.2) is 0 Å². The molecule has 1 N–H and O–H groups in total. The smallest absolute Gasteiger partial charge is 0.126 e. The molecule has 3 heteroatoms. The molecule has 0 saturated heterocycles. The van der Waals surface area contributed by atoms with Gasteiger partial charge in [0.25, 0.3) is 0 Å². The van der Waals surface area contributed by atoms with Gasteiger partial charge in [-0.25, -0.2) is 0 Å². The molecule has 1 aromatic rings. The van der Waals surface area contributed by atoms with E-state index < -0.39 is 0 Å². The summed E-state index contributed by atoms with van der Waals surface area (Å²) in [5, 5.41) is 3.64. The van der Waals surface area contributed by atoms with Crippen molar-refractivity contribution in [3.63, 3.8) is 0 Å². The number of benzene rings is 1. The van der Waals surface area contributed by atoms with Crippen molar-refractivity contribution in [3.8, 4) is 18.1 Å². The summed E-state index contributed by atoms with van der Waals surface area (Å²) in [6, 6.07) is 5.25. The topological polar surface area (TPSA) is 21.3 Å². The first kappa shape index (κ1) is 10.9. The molecule has 1 aromatic carbocycles. The minimum Gasteiger partial charge on any atom is -0.496 e. The summed E-state index contributed by atoms with van der Waals surface area (Å²) in [7, 11) is 3.40. The van der Waals surface area contributed by atoms with Crippen molar-refractivity contribution >= 4 is 11.6 Å². The van der Waals surface area contributed by atoms with Crippen LogP contribution in [0.15, 0.2) is 18.2 Å². The fourth-order valence-electron chi connectivity index (χ4n) is 1.25. The van der Waals surface area contributed by atoms with Crippen LogP contribution < -0.4 is 10.1 Å². The number of nitrogens with one attached hydrogen (secondary N) is 1. The normalized spacial score (nSPS) is 11.9. The van der Waals surface area contributed by atoms with E-state index in [4.69, 9.17) is 22.8 Å². The maximum absolute atomic E-state index is 5.83. The highest BCUT2D eigenvalue weighted by atomic mass is 35.5. The number of methoxy groups -OCH3 is 1. The Bertz CT molecular complexity index is 357. The Balaban J connectivity index is 3.14. The Morgan fingerprint density at radius 3 is 2.79 bits per heavy atom. The molecule has 0 fully saturated rings. The Morgan fingerprint density at radius 1 is 1.57 bits per heavy atom. The summed E-state index contributed by atoms with van der Waals surface area (Å²) in [5.41, 5.74) is 0.918. The van der Waals surface area contributed by atoms with Crippen LogP contribution in [-0.4, -0.2) is 14.2 Å². The molecule has 0 saturated carbocycles. The lowest BCUT2D eigenvalue weighted by atomic mass is 10.1. The number of hydrogen-bond acceptors (Lipinski definition) is 2. The standard InChI is InChI=1S/C11H12ClNO/c1-4-10(13-2)9-6-5-8(12)7-11(9)14-3/h1,5-7,10,13H,2-3H3. The van der Waals surface area contributed by atoms with Crippen molar-refractivity contribution < 1.29 is 4.74 Å². The maximum atomic E-state index is 5.83. The molecule has 0 aliphatic rings. The molecule has 0 aliphatic heterocycles. The molecule has 0 aromatic heterocycles. The largest absolute Gasteiger partial charge is 0.496 e. The summed E-state index contributed by atoms with van der Waals surface area (Å²) >= 11 is 5.83. The molecule has 0 amide bonds. The van der Waals surface area contributed by atoms with Crippen LogP contribution in [0.1, 0.15) is 11.6 Å². The maximum Gasteiger partial charge on any atom is 0.126 e. The third kappa shape index (κ3) is 2.20. The highest BCUT2D eigenvalue weighted by Gasteiger charge is 2.11. The van der Waals surface area contributed by atoms with Gasteiger partial charge >= 0.3 is 0 Å². The van der Waals surface area contributed by atoms with Gasteiger partial charge in [0.2, 0.25) is 0 Å². The average molecular weight is 210 g/mol. The highest BCUT2D eigenvalue weighted by molar-refractivity contribution is 6.30. The van der Waals surface area contributed by atoms with Crippen molar-refractivity contribution in [1.29, 1.82) is 0 Å². The van der Waals surface area contributed by atoms with Crippen LogP contribution in [0.4, 0.5) is 0 Å². The number of hydrogen-bond donors (Lipinski definition) is 1. The van der Waals surface area contributed by atoms with E-state index in [1.54, 1.807) is 26.3 Å². The van der Waals surface area contributed by atoms with Gasteiger partial charge in [0.05, 0.1) is 13.2 Å². The second-order valence-corrected chi connectivity index (χ2v) is 3.21. The number of rotatable bonds is 3. The summed E-state index contributed by atoms with van der Waals surface area (Å²) in [4.78, 5) is 0. The quantitative estimate of drug-likeness (QED) is 0.771. The third-order valence-corrected chi connectivity index (χ3v) is 2.20. The lowest BCUT2D eigenvalue weighted by Gasteiger charge is -2.14. The van der Waals surface area contributed by atoms with Crippen LogP contribution >= 0.6 is 11.6 Å². The van der Waals surface area contributed by atoms with Gasteiger partial charge in [-0.05, 0) is 19.2 Å². The van der Waals surface area contributed by atoms with E-state index in [-0.39, 0.29) is 6.04 Å². The van der Waals surface area contributed by atoms with Crippen LogP contribution in [0.2, 0.25) is 5.02 Å². The predicted octanol–water partition coefficient (Wildman–Crippen LogP) is 2.24. The summed E-state index contributed by atoms with van der Waals surface area (Å²) in [5.74, 6) is 3.33. The summed E-state index contributed by atoms with van der Waals surface area (Å²) < 4.78 is 5.19. The number of ether oxygens (including phenoxy) is 1. The van der Waals surface area contributed by atoms with Crippen LogP contribution in [0, 0.1) is 12.3 Å². The van der Waals surface area contributed by atoms with Crippen LogP contribution in [0.25, 0.3) is 0 Å². The Labute approximate surface area is 89.2 Å². The van der Waals surface area contributed by atoms with Gasteiger partial charge in [-0.2, -0.15) is 0 Å². The molecule has 74 valence electrons. The van der Waals surface area contributed by atoms with E-state index >= 15 is 0 Å². The van der Waals surface area contributed by atoms with Crippen molar-refractivity contribution in [2.75, 3.05) is 14.2 Å². The minimum atomic E-state index is -0.151. The molecule has 0 spiro atoms. The lowest BCUT2D eigenvalue weighted by molar-refractivity contribution is 0.406. The Morgan fingerprint density at radius 2 is 2.29 bits per heavy atom. The van der Waals surface area contributed by atoms with Gasteiger partial charge in [0.1, 0.15) is 5.75 Å². The Hall–Kier alpha value is -1.17. The lowest BCUT2D eigenvalue weighted by Crippen LogP contribution is -2.14. The van der Waals surface area contributed by atoms with Crippen molar-refractivity contribution in [2.45, 2.75) is 6.04 Å². The monoisotopic (exact) mass is 209 g/mol. The van der Waals surface area contributed by atoms with E-state index in [0.29, 0.717) is 10.8 Å². The third-order valence-electron chi connectivity index (χ3n) is 1.96. The first-order valence-corrected chi connectivity index (χ1v) is 4.57. The molecule has 1 rings (SSSR count). The molecule has 14 heavy (non-hydrogen) atoms. The fourth-order valence-corrected chi connectivity index (χ4v) is 1.41. The Kier molecular flexibility index (Phi) is 3.82. The average Bonchev–Trinajstić information content (AvgIpc) is 2.21. The number of terminal acetylenes is 1. The molecule has 2 nitrogen and oxygen atoms in total. The minimum absolute atomic E-state index is 0.151. The second kappa shape index (κ2) is 4.90. The van der Waals surface area contributed by atoms with E-state index in [2.05, 4.69) is 11.2 Å². The van der Waals surface area contributed by atoms with Gasteiger partial charge in [0, 0.05) is 10.6 Å². The van der Waals surface area contributed by atoms with Crippen molar-refractivity contribution in [2.24, 2.45) is 0 Å². The van der Waals surface area contributed by atoms with E-state index in [1.807, 2.05) is 6.07 Å². The van der Waals surface area contributed by atoms with Crippen LogP contribution in [0.5, 0.6) is 5.75 Å². The second-order valence-electron chi connectivity index (χ2n) is 2.77. The molecule has 0 aliphatic carbocycles. The van der Waals surface area contributed by atoms with Crippen molar-refractivity contribution in [1.82, 2.24) is 5.32 Å². The van der Waals surface area contributed by atoms with Gasteiger partial charge in [-0.3, -0.25) is 0 Å². The number of halogens is 1. The first-order valence-electron chi connectivity index (χ1n) is 4.19. The van der Waals surface area contributed by atoms with E-state index in [0.717, 1.165) is 5.56 Å². The summed E-state index contributed by atoms with van der Waals surface area (Å²) in [6.07, 6.45) is 5.38. The first-order chi connectivity index (χ1) is 6.72. The van der Waals surface area contributed by atoms with E-state index in [9.17, 15) is 0 Å². The SMILES string of the molecule is C#CC(NC)c1ccc(Cl)cc1OC. The zero-order valence-corrected chi connectivity index (χ0v) is 8.93. The highest BCUT2D eigenvalue weighted by Crippen LogP contribution is 2.27. The molecule has 0 heterocycles. The molecule has 1 unspecified atom stereocenters. The predicted molar refractivity (Wildman–Crippen MR) is 58.6 cm³/mol. The molecule has 1 atom stereocenters. The van der Waals surface area contributed by atoms with E-state index in [1.165, 1.54) is 0 Å². The molecular formula is C11H12ClNO. The van der Waals surface area contributed by atoms with Crippen LogP contribution in [0.3, 0.4) is 0 Å². The van der Waals surface area contributed by atoms with Crippen LogP contribution in [-0.2, 0) is 0 Å². The van der Waals surface area contributed by atoms with Crippen molar-refractivity contribution in [3.05, 3.63) is 28.8 Å².